The number of benzene rings is 2. The van der Waals surface area contributed by atoms with Gasteiger partial charge in [0.15, 0.2) is 5.43 Å². The molecule has 5 rings (SSSR count). The van der Waals surface area contributed by atoms with Crippen LogP contribution in [-0.2, 0) is 0 Å². The number of pyridine rings is 1. The summed E-state index contributed by atoms with van der Waals surface area (Å²) in [5.74, 6) is 1.38. The van der Waals surface area contributed by atoms with E-state index in [4.69, 9.17) is 9.15 Å². The quantitative estimate of drug-likeness (QED) is 0.323. The van der Waals surface area contributed by atoms with Crippen molar-refractivity contribution < 1.29 is 13.9 Å². The lowest BCUT2D eigenvalue weighted by atomic mass is 9.97. The summed E-state index contributed by atoms with van der Waals surface area (Å²) in [7, 11) is 0. The average molecular weight is 483 g/mol. The molecule has 0 saturated heterocycles. The SMILES string of the molecule is Cc1cccc(N2C(=O)c3oc4cc(C)c(C)cc4c(=O)c3[C@@H]2c2cccc(OCCC(C)C)c2)n1. The lowest BCUT2D eigenvalue weighted by molar-refractivity contribution is 0.0970. The number of carbonyl (C=O) groups excluding carboxylic acids is 1. The van der Waals surface area contributed by atoms with Gasteiger partial charge in [0, 0.05) is 5.69 Å². The van der Waals surface area contributed by atoms with Gasteiger partial charge in [0.25, 0.3) is 5.91 Å². The summed E-state index contributed by atoms with van der Waals surface area (Å²) in [6, 6.07) is 16.1. The summed E-state index contributed by atoms with van der Waals surface area (Å²) < 4.78 is 12.1. The van der Waals surface area contributed by atoms with Gasteiger partial charge in [-0.05, 0) is 86.2 Å². The van der Waals surface area contributed by atoms with Crippen molar-refractivity contribution in [2.24, 2.45) is 5.92 Å². The van der Waals surface area contributed by atoms with E-state index in [1.807, 2.05) is 69.3 Å². The lowest BCUT2D eigenvalue weighted by Crippen LogP contribution is -2.30. The van der Waals surface area contributed by atoms with E-state index in [-0.39, 0.29) is 17.1 Å². The van der Waals surface area contributed by atoms with E-state index < -0.39 is 6.04 Å². The number of carbonyl (C=O) groups is 1. The highest BCUT2D eigenvalue weighted by molar-refractivity contribution is 6.10. The maximum atomic E-state index is 13.9. The standard InChI is InChI=1S/C30H30N2O4/c1-17(2)12-13-35-22-10-7-9-21(16-22)27-26-28(33)23-14-18(3)19(4)15-24(23)36-29(26)30(34)32(27)25-11-6-8-20(5)31-25/h6-11,14-17,27H,12-13H2,1-5H3/t27-/m0/s1. The molecule has 0 saturated carbocycles. The molecule has 0 bridgehead atoms. The number of aromatic nitrogens is 1. The lowest BCUT2D eigenvalue weighted by Gasteiger charge is -2.25. The van der Waals surface area contributed by atoms with Crippen LogP contribution in [-0.4, -0.2) is 17.5 Å². The molecule has 184 valence electrons. The number of aryl methyl sites for hydroxylation is 3. The maximum absolute atomic E-state index is 13.9. The Morgan fingerprint density at radius 3 is 2.50 bits per heavy atom. The van der Waals surface area contributed by atoms with Gasteiger partial charge in [-0.3, -0.25) is 14.5 Å². The number of rotatable bonds is 6. The van der Waals surface area contributed by atoms with Crippen molar-refractivity contribution in [2.75, 3.05) is 11.5 Å². The summed E-state index contributed by atoms with van der Waals surface area (Å²) in [5, 5.41) is 0.470. The van der Waals surface area contributed by atoms with Crippen molar-refractivity contribution in [1.82, 2.24) is 4.98 Å². The van der Waals surface area contributed by atoms with E-state index in [2.05, 4.69) is 18.8 Å². The Morgan fingerprint density at radius 2 is 1.75 bits per heavy atom. The molecule has 0 unspecified atom stereocenters. The van der Waals surface area contributed by atoms with Gasteiger partial charge in [-0.15, -0.1) is 0 Å². The number of fused-ring (bicyclic) bond motifs is 2. The topological polar surface area (TPSA) is 72.6 Å². The number of hydrogen-bond acceptors (Lipinski definition) is 5. The van der Waals surface area contributed by atoms with E-state index in [0.717, 1.165) is 28.8 Å². The van der Waals surface area contributed by atoms with Crippen LogP contribution in [0, 0.1) is 26.7 Å². The molecule has 36 heavy (non-hydrogen) atoms. The molecular weight excluding hydrogens is 452 g/mol. The monoisotopic (exact) mass is 482 g/mol. The van der Waals surface area contributed by atoms with Gasteiger partial charge in [-0.25, -0.2) is 4.98 Å². The molecular formula is C30H30N2O4. The van der Waals surface area contributed by atoms with Crippen LogP contribution in [0.3, 0.4) is 0 Å². The first-order valence-electron chi connectivity index (χ1n) is 12.3. The average Bonchev–Trinajstić information content (AvgIpc) is 3.13. The van der Waals surface area contributed by atoms with Crippen LogP contribution >= 0.6 is 0 Å². The first-order chi connectivity index (χ1) is 17.2. The fraction of sp³-hybridized carbons (Fsp3) is 0.300. The zero-order chi connectivity index (χ0) is 25.6. The molecule has 6 heteroatoms. The molecule has 1 aliphatic rings. The zero-order valence-electron chi connectivity index (χ0n) is 21.3. The van der Waals surface area contributed by atoms with Gasteiger partial charge in [0.2, 0.25) is 5.76 Å². The molecule has 0 spiro atoms. The van der Waals surface area contributed by atoms with Crippen LogP contribution in [0.4, 0.5) is 5.82 Å². The van der Waals surface area contributed by atoms with Crippen molar-refractivity contribution >= 4 is 22.7 Å². The molecule has 1 atom stereocenters. The van der Waals surface area contributed by atoms with E-state index in [9.17, 15) is 9.59 Å². The third kappa shape index (κ3) is 4.17. The summed E-state index contributed by atoms with van der Waals surface area (Å²) in [6.07, 6.45) is 0.933. The van der Waals surface area contributed by atoms with Crippen LogP contribution in [0.1, 0.15) is 64.8 Å². The van der Waals surface area contributed by atoms with Crippen molar-refractivity contribution in [2.45, 2.75) is 47.1 Å². The summed E-state index contributed by atoms with van der Waals surface area (Å²) in [6.45, 7) is 10.7. The highest BCUT2D eigenvalue weighted by atomic mass is 16.5. The van der Waals surface area contributed by atoms with Gasteiger partial charge >= 0.3 is 0 Å². The van der Waals surface area contributed by atoms with Crippen molar-refractivity contribution in [1.29, 1.82) is 0 Å². The van der Waals surface area contributed by atoms with Gasteiger partial charge < -0.3 is 9.15 Å². The minimum absolute atomic E-state index is 0.0650. The number of nitrogens with zero attached hydrogens (tertiary/aromatic N) is 2. The largest absolute Gasteiger partial charge is 0.494 e. The molecule has 0 aliphatic carbocycles. The smallest absolute Gasteiger partial charge is 0.296 e. The molecule has 3 heterocycles. The molecule has 6 nitrogen and oxygen atoms in total. The van der Waals surface area contributed by atoms with Gasteiger partial charge in [0.05, 0.1) is 23.6 Å². The van der Waals surface area contributed by atoms with Gasteiger partial charge in [0.1, 0.15) is 17.2 Å². The van der Waals surface area contributed by atoms with Gasteiger partial charge in [-0.2, -0.15) is 0 Å². The van der Waals surface area contributed by atoms with Crippen molar-refractivity contribution in [3.8, 4) is 5.75 Å². The number of ether oxygens (including phenoxy) is 1. The highest BCUT2D eigenvalue weighted by Crippen LogP contribution is 2.41. The van der Waals surface area contributed by atoms with Crippen LogP contribution in [0.25, 0.3) is 11.0 Å². The van der Waals surface area contributed by atoms with Gasteiger partial charge in [-0.1, -0.05) is 32.0 Å². The molecule has 2 aromatic heterocycles. The fourth-order valence-electron chi connectivity index (χ4n) is 4.63. The van der Waals surface area contributed by atoms with E-state index in [1.165, 1.54) is 0 Å². The summed E-state index contributed by atoms with van der Waals surface area (Å²) >= 11 is 0. The molecule has 2 aromatic carbocycles. The predicted molar refractivity (Wildman–Crippen MR) is 141 cm³/mol. The second kappa shape index (κ2) is 9.26. The van der Waals surface area contributed by atoms with Crippen molar-refractivity contribution in [3.63, 3.8) is 0 Å². The Morgan fingerprint density at radius 1 is 1.00 bits per heavy atom. The summed E-state index contributed by atoms with van der Waals surface area (Å²) in [4.78, 5) is 33.9. The van der Waals surface area contributed by atoms with E-state index in [0.29, 0.717) is 40.6 Å². The molecule has 4 aromatic rings. The number of amides is 1. The highest BCUT2D eigenvalue weighted by Gasteiger charge is 2.44. The normalized spacial score (nSPS) is 15.1. The third-order valence-electron chi connectivity index (χ3n) is 6.74. The van der Waals surface area contributed by atoms with Crippen LogP contribution < -0.4 is 15.1 Å². The van der Waals surface area contributed by atoms with E-state index in [1.54, 1.807) is 11.0 Å². The second-order valence-electron chi connectivity index (χ2n) is 9.92. The molecule has 0 N–H and O–H groups in total. The molecule has 0 fully saturated rings. The Hall–Kier alpha value is -3.93. The number of anilines is 1. The van der Waals surface area contributed by atoms with Crippen LogP contribution in [0.15, 0.2) is 63.8 Å². The zero-order valence-corrected chi connectivity index (χ0v) is 21.3. The Bertz CT molecular complexity index is 1540. The summed E-state index contributed by atoms with van der Waals surface area (Å²) in [5.41, 5.74) is 4.08. The minimum atomic E-state index is -0.683. The number of hydrogen-bond donors (Lipinski definition) is 0. The Balaban J connectivity index is 1.70. The Labute approximate surface area is 210 Å². The fourth-order valence-corrected chi connectivity index (χ4v) is 4.63. The maximum Gasteiger partial charge on any atom is 0.296 e. The van der Waals surface area contributed by atoms with Crippen LogP contribution in [0.5, 0.6) is 5.75 Å². The van der Waals surface area contributed by atoms with E-state index >= 15 is 0 Å². The third-order valence-corrected chi connectivity index (χ3v) is 6.74. The first-order valence-corrected chi connectivity index (χ1v) is 12.3. The molecule has 1 amide bonds. The van der Waals surface area contributed by atoms with Crippen LogP contribution in [0.2, 0.25) is 0 Å². The molecule has 1 aliphatic heterocycles. The second-order valence-corrected chi connectivity index (χ2v) is 9.92. The molecule has 0 radical (unpaired) electrons. The van der Waals surface area contributed by atoms with Crippen molar-refractivity contribution in [3.05, 3.63) is 98.5 Å². The minimum Gasteiger partial charge on any atom is -0.494 e. The first kappa shape index (κ1) is 23.8. The predicted octanol–water partition coefficient (Wildman–Crippen LogP) is 6.29. The Kier molecular flexibility index (Phi) is 6.12.